The van der Waals surface area contributed by atoms with Crippen molar-refractivity contribution < 1.29 is 9.59 Å². The molecule has 1 amide bonds. The molecule has 132 valence electrons. The lowest BCUT2D eigenvalue weighted by atomic mass is 10.0. The van der Waals surface area contributed by atoms with Gasteiger partial charge in [-0.05, 0) is 18.2 Å². The van der Waals surface area contributed by atoms with Gasteiger partial charge in [0.2, 0.25) is 5.91 Å². The number of aromatic nitrogens is 3. The van der Waals surface area contributed by atoms with Crippen LogP contribution in [0, 0.1) is 0 Å². The zero-order chi connectivity index (χ0) is 18.8. The normalized spacial score (nSPS) is 10.7. The van der Waals surface area contributed by atoms with Crippen molar-refractivity contribution in [3.63, 3.8) is 0 Å². The van der Waals surface area contributed by atoms with Crippen LogP contribution in [0.2, 0.25) is 0 Å². The minimum Gasteiger partial charge on any atom is -0.366 e. The Balaban J connectivity index is 1.78. The molecule has 4 aromatic rings. The molecule has 0 saturated carbocycles. The lowest BCUT2D eigenvalue weighted by Crippen LogP contribution is -2.11. The van der Waals surface area contributed by atoms with Crippen LogP contribution in [0.15, 0.2) is 67.1 Å². The minimum absolute atomic E-state index is 0.134. The number of hydrogen-bond donors (Lipinski definition) is 3. The summed E-state index contributed by atoms with van der Waals surface area (Å²) in [4.78, 5) is 35.8. The van der Waals surface area contributed by atoms with Crippen molar-refractivity contribution in [2.75, 3.05) is 5.32 Å². The van der Waals surface area contributed by atoms with Gasteiger partial charge in [-0.15, -0.1) is 0 Å². The fourth-order valence-corrected chi connectivity index (χ4v) is 2.87. The topological polar surface area (TPSA) is 114 Å². The van der Waals surface area contributed by atoms with E-state index in [0.29, 0.717) is 39.2 Å². The first-order valence-electron chi connectivity index (χ1n) is 8.22. The largest absolute Gasteiger partial charge is 0.366 e. The Labute approximate surface area is 154 Å². The van der Waals surface area contributed by atoms with Gasteiger partial charge in [-0.25, -0.2) is 9.97 Å². The molecule has 0 bridgehead atoms. The van der Waals surface area contributed by atoms with Crippen molar-refractivity contribution in [2.45, 2.75) is 0 Å². The van der Waals surface area contributed by atoms with E-state index in [1.165, 1.54) is 6.33 Å². The van der Waals surface area contributed by atoms with Crippen LogP contribution in [0.1, 0.15) is 26.3 Å². The lowest BCUT2D eigenvalue weighted by molar-refractivity contribution is 0.0998. The standard InChI is InChI=1S/C20H15N5O2/c21-18(27)13-7-4-8-14(9-13)25-20-16-15(10-22-19(16)23-11-24-20)17(26)12-5-2-1-3-6-12/h1-11H,(H2,21,27)(H2,22,23,24,25). The molecule has 0 aliphatic rings. The first-order valence-corrected chi connectivity index (χ1v) is 8.22. The van der Waals surface area contributed by atoms with E-state index >= 15 is 0 Å². The molecule has 4 rings (SSSR count). The molecule has 0 aliphatic carbocycles. The first kappa shape index (κ1) is 16.5. The quantitative estimate of drug-likeness (QED) is 0.475. The SMILES string of the molecule is NC(=O)c1cccc(Nc2ncnc3[nH]cc(C(=O)c4ccccc4)c23)c1. The summed E-state index contributed by atoms with van der Waals surface area (Å²) in [5, 5.41) is 3.72. The van der Waals surface area contributed by atoms with Gasteiger partial charge in [0, 0.05) is 23.0 Å². The van der Waals surface area contributed by atoms with Crippen molar-refractivity contribution in [3.05, 3.63) is 83.8 Å². The molecular weight excluding hydrogens is 342 g/mol. The van der Waals surface area contributed by atoms with Crippen LogP contribution in [0.4, 0.5) is 11.5 Å². The van der Waals surface area contributed by atoms with Crippen molar-refractivity contribution in [1.82, 2.24) is 15.0 Å². The number of primary amides is 1. The van der Waals surface area contributed by atoms with Crippen molar-refractivity contribution in [3.8, 4) is 0 Å². The van der Waals surface area contributed by atoms with Gasteiger partial charge in [0.25, 0.3) is 0 Å². The van der Waals surface area contributed by atoms with Crippen LogP contribution < -0.4 is 11.1 Å². The number of nitrogens with two attached hydrogens (primary N) is 1. The number of fused-ring (bicyclic) bond motifs is 1. The van der Waals surface area contributed by atoms with E-state index in [-0.39, 0.29) is 5.78 Å². The highest BCUT2D eigenvalue weighted by molar-refractivity contribution is 6.18. The first-order chi connectivity index (χ1) is 13.1. The summed E-state index contributed by atoms with van der Waals surface area (Å²) >= 11 is 0. The molecule has 0 aliphatic heterocycles. The third-order valence-corrected chi connectivity index (χ3v) is 4.16. The molecular formula is C20H15N5O2. The Morgan fingerprint density at radius 2 is 1.74 bits per heavy atom. The van der Waals surface area contributed by atoms with Crippen LogP contribution in [-0.2, 0) is 0 Å². The third-order valence-electron chi connectivity index (χ3n) is 4.16. The maximum Gasteiger partial charge on any atom is 0.248 e. The smallest absolute Gasteiger partial charge is 0.248 e. The molecule has 2 aromatic heterocycles. The predicted molar refractivity (Wildman–Crippen MR) is 102 cm³/mol. The summed E-state index contributed by atoms with van der Waals surface area (Å²) in [5.74, 6) is -0.194. The molecule has 0 radical (unpaired) electrons. The number of carbonyl (C=O) groups excluding carboxylic acids is 2. The third kappa shape index (κ3) is 3.13. The van der Waals surface area contributed by atoms with Gasteiger partial charge in [-0.2, -0.15) is 0 Å². The molecule has 0 saturated heterocycles. The second-order valence-corrected chi connectivity index (χ2v) is 5.91. The summed E-state index contributed by atoms with van der Waals surface area (Å²) in [6.07, 6.45) is 3.02. The number of H-pyrrole nitrogens is 1. The van der Waals surface area contributed by atoms with Gasteiger partial charge in [-0.3, -0.25) is 9.59 Å². The summed E-state index contributed by atoms with van der Waals surface area (Å²) in [6.45, 7) is 0. The molecule has 2 aromatic carbocycles. The monoisotopic (exact) mass is 357 g/mol. The van der Waals surface area contributed by atoms with Crippen LogP contribution in [0.25, 0.3) is 11.0 Å². The number of hydrogen-bond acceptors (Lipinski definition) is 5. The second kappa shape index (κ2) is 6.72. The van der Waals surface area contributed by atoms with Gasteiger partial charge >= 0.3 is 0 Å². The number of aromatic amines is 1. The summed E-state index contributed by atoms with van der Waals surface area (Å²) in [5.41, 5.74) is 7.92. The molecule has 4 N–H and O–H groups in total. The molecule has 0 fully saturated rings. The van der Waals surface area contributed by atoms with E-state index in [4.69, 9.17) is 5.73 Å². The van der Waals surface area contributed by atoms with E-state index in [0.717, 1.165) is 0 Å². The molecule has 7 nitrogen and oxygen atoms in total. The Morgan fingerprint density at radius 1 is 0.963 bits per heavy atom. The van der Waals surface area contributed by atoms with Crippen LogP contribution in [0.3, 0.4) is 0 Å². The summed E-state index contributed by atoms with van der Waals surface area (Å²) in [6, 6.07) is 15.8. The molecule has 0 atom stereocenters. The maximum atomic E-state index is 12.9. The number of benzene rings is 2. The Morgan fingerprint density at radius 3 is 2.52 bits per heavy atom. The number of carbonyl (C=O) groups is 2. The van der Waals surface area contributed by atoms with Gasteiger partial charge in [0.15, 0.2) is 5.78 Å². The molecule has 27 heavy (non-hydrogen) atoms. The molecule has 0 unspecified atom stereocenters. The van der Waals surface area contributed by atoms with Crippen LogP contribution in [-0.4, -0.2) is 26.6 Å². The second-order valence-electron chi connectivity index (χ2n) is 5.91. The average molecular weight is 357 g/mol. The van der Waals surface area contributed by atoms with E-state index in [2.05, 4.69) is 20.3 Å². The molecule has 2 heterocycles. The van der Waals surface area contributed by atoms with Crippen molar-refractivity contribution in [2.24, 2.45) is 5.73 Å². The summed E-state index contributed by atoms with van der Waals surface area (Å²) < 4.78 is 0. The lowest BCUT2D eigenvalue weighted by Gasteiger charge is -2.09. The van der Waals surface area contributed by atoms with Gasteiger partial charge in [0.05, 0.1) is 10.9 Å². The number of ketones is 1. The molecule has 0 spiro atoms. The van der Waals surface area contributed by atoms with Crippen LogP contribution in [0.5, 0.6) is 0 Å². The highest BCUT2D eigenvalue weighted by Gasteiger charge is 2.18. The van der Waals surface area contributed by atoms with Gasteiger partial charge in [-0.1, -0.05) is 36.4 Å². The van der Waals surface area contributed by atoms with E-state index in [9.17, 15) is 9.59 Å². The molecule has 7 heteroatoms. The van der Waals surface area contributed by atoms with E-state index < -0.39 is 5.91 Å². The highest BCUT2D eigenvalue weighted by Crippen LogP contribution is 2.28. The van der Waals surface area contributed by atoms with Crippen LogP contribution >= 0.6 is 0 Å². The zero-order valence-corrected chi connectivity index (χ0v) is 14.1. The predicted octanol–water partition coefficient (Wildman–Crippen LogP) is 3.03. The van der Waals surface area contributed by atoms with Gasteiger partial charge < -0.3 is 16.0 Å². The van der Waals surface area contributed by atoms with Crippen molar-refractivity contribution >= 4 is 34.2 Å². The average Bonchev–Trinajstić information content (AvgIpc) is 3.13. The number of nitrogens with zero attached hydrogens (tertiary/aromatic N) is 2. The number of amides is 1. The fourth-order valence-electron chi connectivity index (χ4n) is 2.87. The van der Waals surface area contributed by atoms with Gasteiger partial charge in [0.1, 0.15) is 17.8 Å². The summed E-state index contributed by atoms with van der Waals surface area (Å²) in [7, 11) is 0. The number of rotatable bonds is 5. The maximum absolute atomic E-state index is 12.9. The number of anilines is 2. The van der Waals surface area contributed by atoms with E-state index in [1.54, 1.807) is 42.6 Å². The zero-order valence-electron chi connectivity index (χ0n) is 14.1. The highest BCUT2D eigenvalue weighted by atomic mass is 16.1. The number of nitrogens with one attached hydrogen (secondary N) is 2. The minimum atomic E-state index is -0.520. The Hall–Kier alpha value is -4.00. The Bertz CT molecular complexity index is 1150. The fraction of sp³-hybridized carbons (Fsp3) is 0. The Kier molecular flexibility index (Phi) is 4.10. The van der Waals surface area contributed by atoms with Crippen molar-refractivity contribution in [1.29, 1.82) is 0 Å². The van der Waals surface area contributed by atoms with E-state index in [1.807, 2.05) is 18.2 Å².